The summed E-state index contributed by atoms with van der Waals surface area (Å²) in [7, 11) is -3.62. The summed E-state index contributed by atoms with van der Waals surface area (Å²) in [5.74, 6) is 0.476. The molecule has 0 saturated carbocycles. The lowest BCUT2D eigenvalue weighted by molar-refractivity contribution is -0.116. The first kappa shape index (κ1) is 18.2. The van der Waals surface area contributed by atoms with Gasteiger partial charge in [-0.15, -0.1) is 0 Å². The molecule has 0 fully saturated rings. The standard InChI is InChI=1S/C17H22N2O4S/c1-2-3-4-7-17(20)19-14-8-10-16(11-9-14)24(21,22)18-13-15-6-5-12-23-15/h5-6,8-12,18H,2-4,7,13H2,1H3,(H,19,20). The van der Waals surface area contributed by atoms with Crippen molar-refractivity contribution in [3.05, 3.63) is 48.4 Å². The summed E-state index contributed by atoms with van der Waals surface area (Å²) < 4.78 is 31.9. The summed E-state index contributed by atoms with van der Waals surface area (Å²) >= 11 is 0. The van der Waals surface area contributed by atoms with Crippen molar-refractivity contribution in [3.63, 3.8) is 0 Å². The third-order valence-electron chi connectivity index (χ3n) is 3.47. The number of hydrogen-bond acceptors (Lipinski definition) is 4. The number of carbonyl (C=O) groups excluding carboxylic acids is 1. The van der Waals surface area contributed by atoms with Gasteiger partial charge >= 0.3 is 0 Å². The Labute approximate surface area is 142 Å². The molecule has 0 unspecified atom stereocenters. The van der Waals surface area contributed by atoms with Crippen LogP contribution < -0.4 is 10.0 Å². The zero-order valence-corrected chi connectivity index (χ0v) is 14.4. The van der Waals surface area contributed by atoms with Gasteiger partial charge in [0.2, 0.25) is 15.9 Å². The Morgan fingerprint density at radius 1 is 1.12 bits per heavy atom. The maximum atomic E-state index is 12.2. The number of benzene rings is 1. The van der Waals surface area contributed by atoms with E-state index < -0.39 is 10.0 Å². The molecule has 0 atom stereocenters. The van der Waals surface area contributed by atoms with Crippen LogP contribution in [0.4, 0.5) is 5.69 Å². The monoisotopic (exact) mass is 350 g/mol. The molecule has 2 rings (SSSR count). The quantitative estimate of drug-likeness (QED) is 0.679. The number of amides is 1. The Morgan fingerprint density at radius 2 is 1.88 bits per heavy atom. The number of nitrogens with one attached hydrogen (secondary N) is 2. The molecule has 0 saturated heterocycles. The molecule has 0 bridgehead atoms. The third kappa shape index (κ3) is 5.50. The third-order valence-corrected chi connectivity index (χ3v) is 4.89. The first-order chi connectivity index (χ1) is 11.5. The van der Waals surface area contributed by atoms with Crippen LogP contribution in [0.25, 0.3) is 0 Å². The molecule has 2 N–H and O–H groups in total. The SMILES string of the molecule is CCCCCC(=O)Nc1ccc(S(=O)(=O)NCc2ccco2)cc1. The van der Waals surface area contributed by atoms with E-state index in [0.717, 1.165) is 19.3 Å². The van der Waals surface area contributed by atoms with Crippen LogP contribution in [0.5, 0.6) is 0 Å². The van der Waals surface area contributed by atoms with Crippen molar-refractivity contribution in [1.82, 2.24) is 4.72 Å². The van der Waals surface area contributed by atoms with E-state index in [0.29, 0.717) is 17.9 Å². The Kier molecular flexibility index (Phi) is 6.57. The highest BCUT2D eigenvalue weighted by Crippen LogP contribution is 2.15. The van der Waals surface area contributed by atoms with Crippen LogP contribution in [-0.2, 0) is 21.4 Å². The number of unbranched alkanes of at least 4 members (excludes halogenated alkanes) is 2. The molecule has 1 aromatic carbocycles. The summed E-state index contributed by atoms with van der Waals surface area (Å²) in [4.78, 5) is 11.9. The van der Waals surface area contributed by atoms with Gasteiger partial charge in [-0.1, -0.05) is 19.8 Å². The zero-order chi connectivity index (χ0) is 17.4. The second-order valence-electron chi connectivity index (χ2n) is 5.43. The lowest BCUT2D eigenvalue weighted by Crippen LogP contribution is -2.23. The maximum absolute atomic E-state index is 12.2. The summed E-state index contributed by atoms with van der Waals surface area (Å²) in [5.41, 5.74) is 0.585. The Balaban J connectivity index is 1.91. The van der Waals surface area contributed by atoms with Crippen molar-refractivity contribution < 1.29 is 17.6 Å². The lowest BCUT2D eigenvalue weighted by atomic mass is 10.2. The highest BCUT2D eigenvalue weighted by Gasteiger charge is 2.14. The number of hydrogen-bond donors (Lipinski definition) is 2. The predicted molar refractivity (Wildman–Crippen MR) is 91.9 cm³/mol. The molecule has 2 aromatic rings. The molecule has 1 aromatic heterocycles. The van der Waals surface area contributed by atoms with Crippen LogP contribution in [-0.4, -0.2) is 14.3 Å². The highest BCUT2D eigenvalue weighted by molar-refractivity contribution is 7.89. The molecule has 1 heterocycles. The molecule has 0 radical (unpaired) electrons. The first-order valence-corrected chi connectivity index (χ1v) is 9.41. The van der Waals surface area contributed by atoms with Crippen molar-refractivity contribution in [2.24, 2.45) is 0 Å². The van der Waals surface area contributed by atoms with Gasteiger partial charge in [-0.3, -0.25) is 4.79 Å². The highest BCUT2D eigenvalue weighted by atomic mass is 32.2. The van der Waals surface area contributed by atoms with E-state index in [1.165, 1.54) is 18.4 Å². The van der Waals surface area contributed by atoms with Crippen LogP contribution in [0.15, 0.2) is 52.0 Å². The number of anilines is 1. The van der Waals surface area contributed by atoms with Crippen LogP contribution >= 0.6 is 0 Å². The van der Waals surface area contributed by atoms with Crippen LogP contribution in [0.1, 0.15) is 38.4 Å². The first-order valence-electron chi connectivity index (χ1n) is 7.93. The molecule has 0 aliphatic heterocycles. The summed E-state index contributed by atoms with van der Waals surface area (Å²) in [6.45, 7) is 2.17. The smallest absolute Gasteiger partial charge is 0.240 e. The van der Waals surface area contributed by atoms with Gasteiger partial charge < -0.3 is 9.73 Å². The maximum Gasteiger partial charge on any atom is 0.240 e. The van der Waals surface area contributed by atoms with Gasteiger partial charge in [-0.05, 0) is 42.8 Å². The van der Waals surface area contributed by atoms with Gasteiger partial charge in [-0.2, -0.15) is 0 Å². The Morgan fingerprint density at radius 3 is 2.50 bits per heavy atom. The molecule has 0 aliphatic carbocycles. The van der Waals surface area contributed by atoms with Crippen molar-refractivity contribution in [2.75, 3.05) is 5.32 Å². The molecular formula is C17H22N2O4S. The van der Waals surface area contributed by atoms with Gasteiger partial charge in [-0.25, -0.2) is 13.1 Å². The second kappa shape index (κ2) is 8.65. The van der Waals surface area contributed by atoms with Crippen molar-refractivity contribution >= 4 is 21.6 Å². The average molecular weight is 350 g/mol. The zero-order valence-electron chi connectivity index (χ0n) is 13.6. The molecule has 1 amide bonds. The minimum absolute atomic E-state index is 0.0602. The van der Waals surface area contributed by atoms with E-state index in [1.54, 1.807) is 24.3 Å². The molecule has 7 heteroatoms. The molecule has 0 spiro atoms. The summed E-state index contributed by atoms with van der Waals surface area (Å²) in [6.07, 6.45) is 4.89. The summed E-state index contributed by atoms with van der Waals surface area (Å²) in [5, 5.41) is 2.76. The van der Waals surface area contributed by atoms with Gasteiger partial charge in [0.25, 0.3) is 0 Å². The number of rotatable bonds is 9. The van der Waals surface area contributed by atoms with Crippen molar-refractivity contribution in [2.45, 2.75) is 44.0 Å². The van der Waals surface area contributed by atoms with Crippen LogP contribution in [0.3, 0.4) is 0 Å². The molecule has 0 aliphatic rings. The van der Waals surface area contributed by atoms with Crippen molar-refractivity contribution in [3.8, 4) is 0 Å². The van der Waals surface area contributed by atoms with Crippen LogP contribution in [0.2, 0.25) is 0 Å². The number of carbonyl (C=O) groups is 1. The van der Waals surface area contributed by atoms with Gasteiger partial charge in [0.05, 0.1) is 17.7 Å². The minimum atomic E-state index is -3.62. The normalized spacial score (nSPS) is 11.4. The number of sulfonamides is 1. The molecule has 6 nitrogen and oxygen atoms in total. The molecule has 24 heavy (non-hydrogen) atoms. The Hall–Kier alpha value is -2.12. The van der Waals surface area contributed by atoms with E-state index in [4.69, 9.17) is 4.42 Å². The van der Waals surface area contributed by atoms with E-state index >= 15 is 0 Å². The fourth-order valence-electron chi connectivity index (χ4n) is 2.14. The fraction of sp³-hybridized carbons (Fsp3) is 0.353. The lowest BCUT2D eigenvalue weighted by Gasteiger charge is -2.08. The fourth-order valence-corrected chi connectivity index (χ4v) is 3.13. The largest absolute Gasteiger partial charge is 0.468 e. The van der Waals surface area contributed by atoms with Crippen LogP contribution in [0, 0.1) is 0 Å². The van der Waals surface area contributed by atoms with Gasteiger partial charge in [0.1, 0.15) is 5.76 Å². The topological polar surface area (TPSA) is 88.4 Å². The predicted octanol–water partition coefficient (Wildman–Crippen LogP) is 3.28. The van der Waals surface area contributed by atoms with Gasteiger partial charge in [0, 0.05) is 12.1 Å². The molecular weight excluding hydrogens is 328 g/mol. The van der Waals surface area contributed by atoms with Crippen molar-refractivity contribution in [1.29, 1.82) is 0 Å². The van der Waals surface area contributed by atoms with E-state index in [-0.39, 0.29) is 17.3 Å². The van der Waals surface area contributed by atoms with Gasteiger partial charge in [0.15, 0.2) is 0 Å². The summed E-state index contributed by atoms with van der Waals surface area (Å²) in [6, 6.07) is 9.48. The van der Waals surface area contributed by atoms with E-state index in [9.17, 15) is 13.2 Å². The second-order valence-corrected chi connectivity index (χ2v) is 7.20. The minimum Gasteiger partial charge on any atom is -0.468 e. The number of furan rings is 1. The van der Waals surface area contributed by atoms with E-state index in [2.05, 4.69) is 17.0 Å². The van der Waals surface area contributed by atoms with E-state index in [1.807, 2.05) is 0 Å². The average Bonchev–Trinajstić information content (AvgIpc) is 3.07. The molecule has 130 valence electrons. The Bertz CT molecular complexity index is 737.